The highest BCUT2D eigenvalue weighted by molar-refractivity contribution is 7.89. The Balaban J connectivity index is 2.04. The van der Waals surface area contributed by atoms with Gasteiger partial charge in [-0.05, 0) is 35.7 Å². The van der Waals surface area contributed by atoms with Crippen LogP contribution in [-0.4, -0.2) is 22.6 Å². The summed E-state index contributed by atoms with van der Waals surface area (Å²) in [6.45, 7) is 1.97. The summed E-state index contributed by atoms with van der Waals surface area (Å²) >= 11 is 0. The molecule has 0 fully saturated rings. The van der Waals surface area contributed by atoms with Crippen molar-refractivity contribution in [2.45, 2.75) is 17.9 Å². The van der Waals surface area contributed by atoms with Gasteiger partial charge in [0.25, 0.3) is 0 Å². The lowest BCUT2D eigenvalue weighted by Crippen LogP contribution is -2.30. The van der Waals surface area contributed by atoms with Crippen LogP contribution in [0.2, 0.25) is 0 Å². The van der Waals surface area contributed by atoms with E-state index < -0.39 is 16.1 Å². The molecule has 0 saturated heterocycles. The number of hydrogen-bond acceptors (Lipinski definition) is 4. The average Bonchev–Trinajstić information content (AvgIpc) is 2.72. The second-order valence-electron chi connectivity index (χ2n) is 6.34. The maximum absolute atomic E-state index is 13.2. The van der Waals surface area contributed by atoms with Gasteiger partial charge in [-0.3, -0.25) is 0 Å². The van der Waals surface area contributed by atoms with Crippen LogP contribution in [0, 0.1) is 6.92 Å². The van der Waals surface area contributed by atoms with Crippen molar-refractivity contribution in [2.24, 2.45) is 0 Å². The molecule has 0 aliphatic heterocycles. The molecule has 5 nitrogen and oxygen atoms in total. The zero-order valence-corrected chi connectivity index (χ0v) is 16.9. The normalized spacial score (nSPS) is 12.4. The van der Waals surface area contributed by atoms with Crippen molar-refractivity contribution in [2.75, 3.05) is 14.2 Å². The molecule has 0 aliphatic carbocycles. The zero-order valence-electron chi connectivity index (χ0n) is 16.0. The molecular weight excluding hydrogens is 374 g/mol. The summed E-state index contributed by atoms with van der Waals surface area (Å²) < 4.78 is 39.6. The van der Waals surface area contributed by atoms with E-state index in [1.165, 1.54) is 26.4 Å². The Morgan fingerprint density at radius 2 is 1.46 bits per heavy atom. The number of rotatable bonds is 7. The molecular formula is C22H23NO4S. The molecule has 0 spiro atoms. The first-order valence-corrected chi connectivity index (χ1v) is 10.3. The monoisotopic (exact) mass is 397 g/mol. The van der Waals surface area contributed by atoms with Gasteiger partial charge in [0.15, 0.2) is 11.5 Å². The molecule has 0 heterocycles. The number of hydrogen-bond donors (Lipinski definition) is 1. The second-order valence-corrected chi connectivity index (χ2v) is 8.05. The summed E-state index contributed by atoms with van der Waals surface area (Å²) in [5.74, 6) is 0.831. The van der Waals surface area contributed by atoms with Gasteiger partial charge < -0.3 is 9.47 Å². The molecule has 1 unspecified atom stereocenters. The molecule has 0 bridgehead atoms. The minimum Gasteiger partial charge on any atom is -0.493 e. The van der Waals surface area contributed by atoms with Crippen LogP contribution in [0.3, 0.4) is 0 Å². The van der Waals surface area contributed by atoms with Gasteiger partial charge in [0.2, 0.25) is 10.0 Å². The molecule has 1 N–H and O–H groups in total. The van der Waals surface area contributed by atoms with E-state index in [0.29, 0.717) is 11.5 Å². The lowest BCUT2D eigenvalue weighted by atomic mass is 9.96. The van der Waals surface area contributed by atoms with Gasteiger partial charge in [-0.25, -0.2) is 8.42 Å². The summed E-state index contributed by atoms with van der Waals surface area (Å²) in [5.41, 5.74) is 2.77. The lowest BCUT2D eigenvalue weighted by molar-refractivity contribution is 0.354. The fourth-order valence-corrected chi connectivity index (χ4v) is 4.29. The highest BCUT2D eigenvalue weighted by Gasteiger charge is 2.25. The SMILES string of the molecule is COc1ccc(S(=O)(=O)NC(c2ccccc2)c2ccccc2C)cc1OC. The summed E-state index contributed by atoms with van der Waals surface area (Å²) in [5, 5.41) is 0. The van der Waals surface area contributed by atoms with Crippen molar-refractivity contribution in [3.8, 4) is 11.5 Å². The average molecular weight is 397 g/mol. The van der Waals surface area contributed by atoms with Crippen molar-refractivity contribution in [1.29, 1.82) is 0 Å². The molecule has 0 radical (unpaired) electrons. The molecule has 3 aromatic carbocycles. The largest absolute Gasteiger partial charge is 0.493 e. The fourth-order valence-electron chi connectivity index (χ4n) is 3.07. The van der Waals surface area contributed by atoms with E-state index in [9.17, 15) is 8.42 Å². The Labute approximate surface area is 166 Å². The molecule has 0 aromatic heterocycles. The van der Waals surface area contributed by atoms with E-state index in [-0.39, 0.29) is 4.90 Å². The van der Waals surface area contributed by atoms with Crippen molar-refractivity contribution in [1.82, 2.24) is 4.72 Å². The van der Waals surface area contributed by atoms with Gasteiger partial charge in [0.1, 0.15) is 0 Å². The van der Waals surface area contributed by atoms with E-state index in [1.807, 2.05) is 61.5 Å². The number of methoxy groups -OCH3 is 2. The minimum absolute atomic E-state index is 0.111. The van der Waals surface area contributed by atoms with Gasteiger partial charge in [0, 0.05) is 6.07 Å². The zero-order chi connectivity index (χ0) is 20.1. The molecule has 0 aliphatic rings. The second kappa shape index (κ2) is 8.46. The molecule has 0 amide bonds. The van der Waals surface area contributed by atoms with Crippen molar-refractivity contribution >= 4 is 10.0 Å². The number of benzene rings is 3. The molecule has 1 atom stereocenters. The third-order valence-corrected chi connectivity index (χ3v) is 5.99. The van der Waals surface area contributed by atoms with E-state index in [0.717, 1.165) is 16.7 Å². The minimum atomic E-state index is -3.82. The van der Waals surface area contributed by atoms with E-state index in [1.54, 1.807) is 6.07 Å². The van der Waals surface area contributed by atoms with E-state index in [2.05, 4.69) is 4.72 Å². The number of aryl methyl sites for hydroxylation is 1. The van der Waals surface area contributed by atoms with Gasteiger partial charge in [0.05, 0.1) is 25.2 Å². The Hall–Kier alpha value is -2.83. The first-order chi connectivity index (χ1) is 13.5. The van der Waals surface area contributed by atoms with Crippen LogP contribution >= 0.6 is 0 Å². The van der Waals surface area contributed by atoms with Crippen LogP contribution < -0.4 is 14.2 Å². The van der Waals surface area contributed by atoms with Crippen LogP contribution in [0.4, 0.5) is 0 Å². The van der Waals surface area contributed by atoms with Crippen LogP contribution in [-0.2, 0) is 10.0 Å². The molecule has 3 aromatic rings. The smallest absolute Gasteiger partial charge is 0.241 e. The van der Waals surface area contributed by atoms with Crippen LogP contribution in [0.25, 0.3) is 0 Å². The van der Waals surface area contributed by atoms with Crippen LogP contribution in [0.5, 0.6) is 11.5 Å². The Morgan fingerprint density at radius 3 is 2.11 bits per heavy atom. The quantitative estimate of drug-likeness (QED) is 0.652. The van der Waals surface area contributed by atoms with E-state index >= 15 is 0 Å². The fraction of sp³-hybridized carbons (Fsp3) is 0.182. The standard InChI is InChI=1S/C22H23NO4S/c1-16-9-7-8-12-19(16)22(17-10-5-4-6-11-17)23-28(24,25)18-13-14-20(26-2)21(15-18)27-3/h4-15,22-23H,1-3H3. The first-order valence-electron chi connectivity index (χ1n) is 8.81. The molecule has 6 heteroatoms. The lowest BCUT2D eigenvalue weighted by Gasteiger charge is -2.22. The molecule has 3 rings (SSSR count). The predicted molar refractivity (Wildman–Crippen MR) is 109 cm³/mol. The number of sulfonamides is 1. The number of nitrogens with one attached hydrogen (secondary N) is 1. The van der Waals surface area contributed by atoms with Crippen LogP contribution in [0.15, 0.2) is 77.7 Å². The van der Waals surface area contributed by atoms with Gasteiger partial charge in [-0.15, -0.1) is 0 Å². The Bertz CT molecular complexity index is 1050. The summed E-state index contributed by atoms with van der Waals surface area (Å²) in [6.07, 6.45) is 0. The molecule has 0 saturated carbocycles. The first kappa shape index (κ1) is 19.9. The molecule has 146 valence electrons. The Kier molecular flexibility index (Phi) is 6.02. The third-order valence-electron chi connectivity index (χ3n) is 4.57. The summed E-state index contributed by atoms with van der Waals surface area (Å²) in [4.78, 5) is 0.111. The van der Waals surface area contributed by atoms with Gasteiger partial charge in [-0.1, -0.05) is 54.6 Å². The van der Waals surface area contributed by atoms with Crippen LogP contribution in [0.1, 0.15) is 22.7 Å². The van der Waals surface area contributed by atoms with Gasteiger partial charge in [-0.2, -0.15) is 4.72 Å². The predicted octanol–water partition coefficient (Wildman–Crippen LogP) is 4.08. The highest BCUT2D eigenvalue weighted by atomic mass is 32.2. The number of ether oxygens (including phenoxy) is 2. The Morgan fingerprint density at radius 1 is 0.821 bits per heavy atom. The highest BCUT2D eigenvalue weighted by Crippen LogP contribution is 2.31. The summed E-state index contributed by atoms with van der Waals surface area (Å²) in [6, 6.07) is 21.3. The van der Waals surface area contributed by atoms with Crippen molar-refractivity contribution in [3.63, 3.8) is 0 Å². The third kappa shape index (κ3) is 4.18. The van der Waals surface area contributed by atoms with E-state index in [4.69, 9.17) is 9.47 Å². The van der Waals surface area contributed by atoms with Crippen molar-refractivity contribution < 1.29 is 17.9 Å². The van der Waals surface area contributed by atoms with Gasteiger partial charge >= 0.3 is 0 Å². The van der Waals surface area contributed by atoms with Crippen molar-refractivity contribution in [3.05, 3.63) is 89.5 Å². The molecule has 28 heavy (non-hydrogen) atoms. The maximum atomic E-state index is 13.2. The topological polar surface area (TPSA) is 64.6 Å². The summed E-state index contributed by atoms with van der Waals surface area (Å²) in [7, 11) is -0.834. The maximum Gasteiger partial charge on any atom is 0.241 e.